The minimum absolute atomic E-state index is 0.0459. The highest BCUT2D eigenvalue weighted by atomic mass is 35.5. The molecule has 0 N–H and O–H groups in total. The smallest absolute Gasteiger partial charge is 0.336 e. The van der Waals surface area contributed by atoms with Gasteiger partial charge in [-0.2, -0.15) is 4.31 Å². The quantitative estimate of drug-likeness (QED) is 0.381. The van der Waals surface area contributed by atoms with Gasteiger partial charge in [0.15, 0.2) is 0 Å². The lowest BCUT2D eigenvalue weighted by Gasteiger charge is -2.30. The van der Waals surface area contributed by atoms with Gasteiger partial charge in [-0.15, -0.1) is 0 Å². The summed E-state index contributed by atoms with van der Waals surface area (Å²) in [6.45, 7) is 2.41. The van der Waals surface area contributed by atoms with Gasteiger partial charge in [0.1, 0.15) is 12.2 Å². The lowest BCUT2D eigenvalue weighted by Crippen LogP contribution is -2.40. The number of esters is 1. The molecule has 1 saturated heterocycles. The largest absolute Gasteiger partial charge is 0.461 e. The second-order valence-electron chi connectivity index (χ2n) is 8.01. The molecule has 2 heterocycles. The maximum Gasteiger partial charge on any atom is 0.336 e. The molecule has 0 amide bonds. The molecular formula is C24H24ClNO6S. The van der Waals surface area contributed by atoms with Crippen molar-refractivity contribution in [2.45, 2.75) is 37.7 Å². The van der Waals surface area contributed by atoms with E-state index in [-0.39, 0.29) is 24.6 Å². The van der Waals surface area contributed by atoms with Gasteiger partial charge in [0.05, 0.1) is 10.8 Å². The minimum atomic E-state index is -3.64. The van der Waals surface area contributed by atoms with E-state index in [0.29, 0.717) is 29.0 Å². The van der Waals surface area contributed by atoms with E-state index in [9.17, 15) is 18.0 Å². The summed E-state index contributed by atoms with van der Waals surface area (Å²) >= 11 is 5.85. The van der Waals surface area contributed by atoms with Gasteiger partial charge in [-0.05, 0) is 55.2 Å². The normalized spacial score (nSPS) is 15.6. The Balaban J connectivity index is 1.39. The summed E-state index contributed by atoms with van der Waals surface area (Å²) < 4.78 is 37.8. The number of carbonyl (C=O) groups is 1. The van der Waals surface area contributed by atoms with Crippen LogP contribution in [0.15, 0.2) is 62.6 Å². The maximum atomic E-state index is 12.8. The fourth-order valence-electron chi connectivity index (χ4n) is 3.97. The van der Waals surface area contributed by atoms with Gasteiger partial charge in [0, 0.05) is 35.1 Å². The Hall–Kier alpha value is -2.68. The highest BCUT2D eigenvalue weighted by Crippen LogP contribution is 2.26. The van der Waals surface area contributed by atoms with Crippen LogP contribution in [0.3, 0.4) is 0 Å². The van der Waals surface area contributed by atoms with Crippen LogP contribution in [0, 0.1) is 5.92 Å². The molecule has 1 fully saturated rings. The first-order chi connectivity index (χ1) is 15.8. The Kier molecular flexibility index (Phi) is 6.88. The molecule has 33 heavy (non-hydrogen) atoms. The van der Waals surface area contributed by atoms with Gasteiger partial charge >= 0.3 is 11.6 Å². The Labute approximate surface area is 197 Å². The van der Waals surface area contributed by atoms with Gasteiger partial charge < -0.3 is 9.15 Å². The van der Waals surface area contributed by atoms with Crippen molar-refractivity contribution >= 4 is 38.6 Å². The van der Waals surface area contributed by atoms with Crippen molar-refractivity contribution < 1.29 is 22.4 Å². The highest BCUT2D eigenvalue weighted by Gasteiger charge is 2.32. The summed E-state index contributed by atoms with van der Waals surface area (Å²) in [5, 5.41) is 1.19. The summed E-state index contributed by atoms with van der Waals surface area (Å²) in [7, 11) is -3.64. The van der Waals surface area contributed by atoms with Crippen molar-refractivity contribution in [2.75, 3.05) is 13.1 Å². The fraction of sp³-hybridized carbons (Fsp3) is 0.333. The molecule has 0 bridgehead atoms. The SMILES string of the molecule is CCc1ccc2c(COC(=O)C3CCN(S(=O)(=O)c4ccc(Cl)cc4)CC3)cc(=O)oc2c1. The molecule has 7 nitrogen and oxygen atoms in total. The molecule has 1 aliphatic rings. The van der Waals surface area contributed by atoms with Crippen LogP contribution in [0.2, 0.25) is 5.02 Å². The van der Waals surface area contributed by atoms with Crippen LogP contribution in [0.4, 0.5) is 0 Å². The van der Waals surface area contributed by atoms with Gasteiger partial charge in [0.25, 0.3) is 0 Å². The van der Waals surface area contributed by atoms with Crippen LogP contribution >= 0.6 is 11.6 Å². The second kappa shape index (κ2) is 9.67. The maximum absolute atomic E-state index is 12.8. The third-order valence-electron chi connectivity index (χ3n) is 5.91. The van der Waals surface area contributed by atoms with E-state index >= 15 is 0 Å². The van der Waals surface area contributed by atoms with E-state index < -0.39 is 27.5 Å². The number of hydrogen-bond donors (Lipinski definition) is 0. The second-order valence-corrected chi connectivity index (χ2v) is 10.4. The molecule has 174 valence electrons. The lowest BCUT2D eigenvalue weighted by molar-refractivity contribution is -0.151. The lowest BCUT2D eigenvalue weighted by atomic mass is 9.98. The van der Waals surface area contributed by atoms with Crippen molar-refractivity contribution in [1.82, 2.24) is 4.31 Å². The highest BCUT2D eigenvalue weighted by molar-refractivity contribution is 7.89. The number of aryl methyl sites for hydroxylation is 1. The molecule has 3 aromatic rings. The van der Waals surface area contributed by atoms with E-state index in [0.717, 1.165) is 17.4 Å². The molecule has 0 radical (unpaired) electrons. The average molecular weight is 490 g/mol. The molecule has 0 aliphatic carbocycles. The van der Waals surface area contributed by atoms with Crippen LogP contribution in [-0.4, -0.2) is 31.8 Å². The van der Waals surface area contributed by atoms with Crippen LogP contribution in [-0.2, 0) is 32.6 Å². The minimum Gasteiger partial charge on any atom is -0.461 e. The van der Waals surface area contributed by atoms with Crippen LogP contribution in [0.5, 0.6) is 0 Å². The zero-order valence-corrected chi connectivity index (χ0v) is 19.7. The predicted molar refractivity (Wildman–Crippen MR) is 125 cm³/mol. The number of carbonyl (C=O) groups excluding carboxylic acids is 1. The number of benzene rings is 2. The van der Waals surface area contributed by atoms with Crippen LogP contribution in [0.1, 0.15) is 30.9 Å². The number of ether oxygens (including phenoxy) is 1. The first kappa shape index (κ1) is 23.5. The molecule has 9 heteroatoms. The van der Waals surface area contributed by atoms with E-state index in [1.807, 2.05) is 25.1 Å². The molecule has 1 aromatic heterocycles. The van der Waals surface area contributed by atoms with Gasteiger partial charge in [0.2, 0.25) is 10.0 Å². The zero-order valence-electron chi connectivity index (χ0n) is 18.1. The number of rotatable bonds is 6. The third-order valence-corrected chi connectivity index (χ3v) is 8.08. The first-order valence-corrected chi connectivity index (χ1v) is 12.6. The standard InChI is InChI=1S/C24H24ClNO6S/c1-2-16-3-8-21-18(14-23(27)32-22(21)13-16)15-31-24(28)17-9-11-26(12-10-17)33(29,30)20-6-4-19(25)5-7-20/h3-8,13-14,17H,2,9-12,15H2,1H3. The van der Waals surface area contributed by atoms with Gasteiger partial charge in [-0.1, -0.05) is 30.7 Å². The summed E-state index contributed by atoms with van der Waals surface area (Å²) in [5.41, 5.74) is 1.59. The summed E-state index contributed by atoms with van der Waals surface area (Å²) in [6.07, 6.45) is 1.54. The van der Waals surface area contributed by atoms with Crippen LogP contribution in [0.25, 0.3) is 11.0 Å². The number of hydrogen-bond acceptors (Lipinski definition) is 6. The van der Waals surface area contributed by atoms with Gasteiger partial charge in [-0.3, -0.25) is 4.79 Å². The molecular weight excluding hydrogens is 466 g/mol. The summed E-state index contributed by atoms with van der Waals surface area (Å²) in [6, 6.07) is 13.0. The van der Waals surface area contributed by atoms with Gasteiger partial charge in [-0.25, -0.2) is 13.2 Å². The topological polar surface area (TPSA) is 93.9 Å². The Morgan fingerprint density at radius 1 is 1.12 bits per heavy atom. The molecule has 0 unspecified atom stereocenters. The number of piperidine rings is 1. The van der Waals surface area contributed by atoms with Crippen molar-refractivity contribution in [3.63, 3.8) is 0 Å². The molecule has 0 spiro atoms. The van der Waals surface area contributed by atoms with E-state index in [1.165, 1.54) is 34.6 Å². The number of nitrogens with zero attached hydrogens (tertiary/aromatic N) is 1. The number of fused-ring (bicyclic) bond motifs is 1. The Bertz CT molecular complexity index is 1330. The van der Waals surface area contributed by atoms with Crippen molar-refractivity contribution in [2.24, 2.45) is 5.92 Å². The predicted octanol–water partition coefficient (Wildman–Crippen LogP) is 4.15. The first-order valence-electron chi connectivity index (χ1n) is 10.8. The van der Waals surface area contributed by atoms with Crippen LogP contribution < -0.4 is 5.63 Å². The molecule has 0 saturated carbocycles. The van der Waals surface area contributed by atoms with Crippen molar-refractivity contribution in [3.05, 3.63) is 75.1 Å². The Morgan fingerprint density at radius 2 is 1.82 bits per heavy atom. The van der Waals surface area contributed by atoms with Crippen molar-refractivity contribution in [1.29, 1.82) is 0 Å². The fourth-order valence-corrected chi connectivity index (χ4v) is 5.56. The zero-order chi connectivity index (χ0) is 23.6. The van der Waals surface area contributed by atoms with Crippen molar-refractivity contribution in [3.8, 4) is 0 Å². The summed E-state index contributed by atoms with van der Waals surface area (Å²) in [4.78, 5) is 24.8. The molecule has 1 aliphatic heterocycles. The monoisotopic (exact) mass is 489 g/mol. The number of halogens is 1. The number of sulfonamides is 1. The van der Waals surface area contributed by atoms with E-state index in [1.54, 1.807) is 0 Å². The Morgan fingerprint density at radius 3 is 2.48 bits per heavy atom. The van der Waals surface area contributed by atoms with E-state index in [2.05, 4.69) is 0 Å². The average Bonchev–Trinajstić information content (AvgIpc) is 2.82. The molecule has 0 atom stereocenters. The third kappa shape index (κ3) is 5.13. The molecule has 4 rings (SSSR count). The van der Waals surface area contributed by atoms with E-state index in [4.69, 9.17) is 20.8 Å². The summed E-state index contributed by atoms with van der Waals surface area (Å²) in [5.74, 6) is -0.801. The molecule has 2 aromatic carbocycles.